The van der Waals surface area contributed by atoms with Crippen LogP contribution in [0.5, 0.6) is 0 Å². The van der Waals surface area contributed by atoms with Crippen LogP contribution in [0, 0.1) is 0 Å². The lowest BCUT2D eigenvalue weighted by Gasteiger charge is -2.23. The van der Waals surface area contributed by atoms with Crippen LogP contribution in [0.25, 0.3) is 0 Å². The third-order valence-corrected chi connectivity index (χ3v) is 4.23. The van der Waals surface area contributed by atoms with E-state index in [9.17, 15) is 13.2 Å². The van der Waals surface area contributed by atoms with Crippen molar-refractivity contribution in [3.8, 4) is 0 Å². The molecule has 0 saturated carbocycles. The van der Waals surface area contributed by atoms with E-state index in [2.05, 4.69) is 6.92 Å². The van der Waals surface area contributed by atoms with Crippen LogP contribution < -0.4 is 5.73 Å². The molecule has 0 saturated heterocycles. The summed E-state index contributed by atoms with van der Waals surface area (Å²) < 4.78 is 40.2. The molecule has 1 atom stereocenters. The van der Waals surface area contributed by atoms with Gasteiger partial charge in [-0.3, -0.25) is 0 Å². The van der Waals surface area contributed by atoms with Gasteiger partial charge in [-0.05, 0) is 36.5 Å². The van der Waals surface area contributed by atoms with Gasteiger partial charge in [0.25, 0.3) is 0 Å². The van der Waals surface area contributed by atoms with Crippen molar-refractivity contribution in [1.82, 2.24) is 0 Å². The van der Waals surface area contributed by atoms with Crippen LogP contribution in [0.1, 0.15) is 75.8 Å². The molecule has 0 fully saturated rings. The molecule has 1 aromatic carbocycles. The highest BCUT2D eigenvalue weighted by molar-refractivity contribution is 6.31. The third-order valence-electron chi connectivity index (χ3n) is 3.93. The zero-order valence-electron chi connectivity index (χ0n) is 13.3. The lowest BCUT2D eigenvalue weighted by molar-refractivity contribution is -0.138. The molecule has 0 bridgehead atoms. The number of halogens is 4. The fourth-order valence-corrected chi connectivity index (χ4v) is 3.16. The number of hydrogen-bond acceptors (Lipinski definition) is 1. The molecule has 1 rings (SSSR count). The minimum atomic E-state index is -4.45. The first-order chi connectivity index (χ1) is 10.3. The Bertz CT molecular complexity index is 472. The van der Waals surface area contributed by atoms with E-state index in [4.69, 9.17) is 17.3 Å². The van der Waals surface area contributed by atoms with Crippen LogP contribution in [0.4, 0.5) is 18.9 Å². The lowest BCUT2D eigenvalue weighted by Crippen LogP contribution is -2.14. The second kappa shape index (κ2) is 8.66. The Balaban J connectivity index is 3.20. The van der Waals surface area contributed by atoms with Gasteiger partial charge in [-0.25, -0.2) is 0 Å². The summed E-state index contributed by atoms with van der Waals surface area (Å²) in [6.45, 7) is 4.12. The molecule has 0 aliphatic heterocycles. The summed E-state index contributed by atoms with van der Waals surface area (Å²) in [7, 11) is 0. The molecule has 126 valence electrons. The van der Waals surface area contributed by atoms with Crippen molar-refractivity contribution < 1.29 is 13.2 Å². The molecule has 1 aromatic rings. The summed E-state index contributed by atoms with van der Waals surface area (Å²) in [5, 5.41) is -0.292. The Labute approximate surface area is 136 Å². The predicted octanol–water partition coefficient (Wildman–Crippen LogP) is 6.80. The summed E-state index contributed by atoms with van der Waals surface area (Å²) in [6, 6.07) is 2.65. The quantitative estimate of drug-likeness (QED) is 0.410. The number of alkyl halides is 3. The van der Waals surface area contributed by atoms with Crippen LogP contribution >= 0.6 is 11.6 Å². The van der Waals surface area contributed by atoms with Crippen LogP contribution in [0.2, 0.25) is 5.02 Å². The van der Waals surface area contributed by atoms with Gasteiger partial charge in [0.05, 0.1) is 10.6 Å². The van der Waals surface area contributed by atoms with E-state index in [0.29, 0.717) is 5.69 Å². The molecule has 1 unspecified atom stereocenters. The topological polar surface area (TPSA) is 26.0 Å². The third kappa shape index (κ3) is 5.38. The van der Waals surface area contributed by atoms with Crippen molar-refractivity contribution in [3.63, 3.8) is 0 Å². The van der Waals surface area contributed by atoms with Crippen molar-refractivity contribution in [2.24, 2.45) is 0 Å². The maximum absolute atomic E-state index is 13.4. The Morgan fingerprint density at radius 3 is 2.18 bits per heavy atom. The van der Waals surface area contributed by atoms with Gasteiger partial charge in [-0.15, -0.1) is 0 Å². The predicted molar refractivity (Wildman–Crippen MR) is 87.3 cm³/mol. The molecule has 0 aliphatic rings. The van der Waals surface area contributed by atoms with Crippen LogP contribution in [-0.4, -0.2) is 0 Å². The number of rotatable bonds is 8. The summed E-state index contributed by atoms with van der Waals surface area (Å²) in [6.07, 6.45) is 1.90. The van der Waals surface area contributed by atoms with Gasteiger partial charge in [-0.1, -0.05) is 57.6 Å². The first-order valence-electron chi connectivity index (χ1n) is 7.97. The van der Waals surface area contributed by atoms with Crippen molar-refractivity contribution >= 4 is 17.3 Å². The fraction of sp³-hybridized carbons (Fsp3) is 0.647. The molecule has 0 aromatic heterocycles. The average Bonchev–Trinajstić information content (AvgIpc) is 2.40. The lowest BCUT2D eigenvalue weighted by atomic mass is 9.85. The summed E-state index contributed by atoms with van der Waals surface area (Å²) in [4.78, 5) is 0. The van der Waals surface area contributed by atoms with Gasteiger partial charge < -0.3 is 5.73 Å². The normalized spacial score (nSPS) is 13.4. The van der Waals surface area contributed by atoms with Gasteiger partial charge in [0, 0.05) is 5.69 Å². The molecular formula is C17H25ClF3N. The van der Waals surface area contributed by atoms with Crippen LogP contribution in [0.15, 0.2) is 12.1 Å². The molecule has 0 amide bonds. The number of anilines is 1. The van der Waals surface area contributed by atoms with Crippen molar-refractivity contribution in [1.29, 1.82) is 0 Å². The average molecular weight is 336 g/mol. The first-order valence-corrected chi connectivity index (χ1v) is 8.35. The molecule has 0 radical (unpaired) electrons. The highest BCUT2D eigenvalue weighted by Gasteiger charge is 2.37. The number of hydrogen-bond donors (Lipinski definition) is 1. The van der Waals surface area contributed by atoms with E-state index in [0.717, 1.165) is 44.9 Å². The Kier molecular flexibility index (Phi) is 7.54. The largest absolute Gasteiger partial charge is 0.418 e. The second-order valence-corrected chi connectivity index (χ2v) is 6.21. The van der Waals surface area contributed by atoms with E-state index >= 15 is 0 Å². The number of benzene rings is 1. The molecule has 0 heterocycles. The summed E-state index contributed by atoms with van der Waals surface area (Å²) >= 11 is 5.86. The highest BCUT2D eigenvalue weighted by atomic mass is 35.5. The maximum atomic E-state index is 13.4. The van der Waals surface area contributed by atoms with Crippen LogP contribution in [-0.2, 0) is 6.18 Å². The summed E-state index contributed by atoms with van der Waals surface area (Å²) in [5.74, 6) is -0.135. The molecule has 22 heavy (non-hydrogen) atoms. The van der Waals surface area contributed by atoms with E-state index in [-0.39, 0.29) is 16.5 Å². The van der Waals surface area contributed by atoms with Gasteiger partial charge in [0.15, 0.2) is 0 Å². The Morgan fingerprint density at radius 1 is 1.05 bits per heavy atom. The van der Waals surface area contributed by atoms with Gasteiger partial charge in [0.2, 0.25) is 0 Å². The monoisotopic (exact) mass is 335 g/mol. The smallest absolute Gasteiger partial charge is 0.399 e. The molecule has 5 heteroatoms. The van der Waals surface area contributed by atoms with Crippen LogP contribution in [0.3, 0.4) is 0 Å². The minimum Gasteiger partial charge on any atom is -0.399 e. The fourth-order valence-electron chi connectivity index (χ4n) is 2.82. The van der Waals surface area contributed by atoms with Crippen molar-refractivity contribution in [2.75, 3.05) is 5.73 Å². The SMILES string of the molecule is CCCCCC(CCCC)c1cc(N)cc(Cl)c1C(F)(F)F. The zero-order chi connectivity index (χ0) is 16.8. The van der Waals surface area contributed by atoms with Gasteiger partial charge >= 0.3 is 6.18 Å². The zero-order valence-corrected chi connectivity index (χ0v) is 14.0. The van der Waals surface area contributed by atoms with E-state index < -0.39 is 11.7 Å². The number of nitrogen functional groups attached to an aromatic ring is 1. The van der Waals surface area contributed by atoms with Crippen molar-refractivity contribution in [3.05, 3.63) is 28.3 Å². The summed E-state index contributed by atoms with van der Waals surface area (Å²) in [5.41, 5.74) is 5.60. The second-order valence-electron chi connectivity index (χ2n) is 5.80. The minimum absolute atomic E-state index is 0.135. The Hall–Kier alpha value is -0.900. The number of unbranched alkanes of at least 4 members (excludes halogenated alkanes) is 3. The van der Waals surface area contributed by atoms with E-state index in [1.54, 1.807) is 0 Å². The first kappa shape index (κ1) is 19.1. The van der Waals surface area contributed by atoms with E-state index in [1.807, 2.05) is 6.92 Å². The van der Waals surface area contributed by atoms with E-state index in [1.165, 1.54) is 12.1 Å². The van der Waals surface area contributed by atoms with Gasteiger partial charge in [-0.2, -0.15) is 13.2 Å². The molecule has 1 nitrogen and oxygen atoms in total. The molecular weight excluding hydrogens is 311 g/mol. The standard InChI is InChI=1S/C17H25ClF3N/c1-3-5-7-9-12(8-6-4-2)14-10-13(22)11-15(18)16(14)17(19,20)21/h10-12H,3-9,22H2,1-2H3. The maximum Gasteiger partial charge on any atom is 0.418 e. The molecule has 2 N–H and O–H groups in total. The molecule has 0 spiro atoms. The molecule has 0 aliphatic carbocycles. The Morgan fingerprint density at radius 2 is 1.64 bits per heavy atom. The van der Waals surface area contributed by atoms with Gasteiger partial charge in [0.1, 0.15) is 0 Å². The number of nitrogens with two attached hydrogens (primary N) is 1. The van der Waals surface area contributed by atoms with Crippen molar-refractivity contribution in [2.45, 2.75) is 70.9 Å². The highest BCUT2D eigenvalue weighted by Crippen LogP contribution is 2.43.